The highest BCUT2D eigenvalue weighted by Gasteiger charge is 2.04. The first-order chi connectivity index (χ1) is 4.62. The zero-order valence-electron chi connectivity index (χ0n) is 4.64. The maximum absolute atomic E-state index is 10.3. The zero-order chi connectivity index (χ0) is 8.04. The molecule has 0 aliphatic rings. The SMILES string of the molecule is O=C=NCS(=O)(=O)N=C=O. The minimum atomic E-state index is -3.92. The van der Waals surface area contributed by atoms with Crippen LogP contribution in [0.2, 0.25) is 0 Å². The van der Waals surface area contributed by atoms with E-state index in [-0.39, 0.29) is 0 Å². The molecule has 0 unspecified atom stereocenters. The topological polar surface area (TPSA) is 93.0 Å². The number of hydrogen-bond donors (Lipinski definition) is 0. The summed E-state index contributed by atoms with van der Waals surface area (Å²) in [5.74, 6) is -0.855. The van der Waals surface area contributed by atoms with E-state index in [1.54, 1.807) is 0 Å². The van der Waals surface area contributed by atoms with E-state index in [9.17, 15) is 18.0 Å². The number of hydrogen-bond acceptors (Lipinski definition) is 5. The zero-order valence-corrected chi connectivity index (χ0v) is 5.46. The van der Waals surface area contributed by atoms with Crippen molar-refractivity contribution >= 4 is 22.2 Å². The molecule has 0 saturated heterocycles. The molecular weight excluding hydrogens is 160 g/mol. The Morgan fingerprint density at radius 1 is 1.20 bits per heavy atom. The smallest absolute Gasteiger partial charge is 0.211 e. The van der Waals surface area contributed by atoms with Gasteiger partial charge >= 0.3 is 0 Å². The van der Waals surface area contributed by atoms with Gasteiger partial charge in [0, 0.05) is 0 Å². The Balaban J connectivity index is 4.44. The van der Waals surface area contributed by atoms with E-state index < -0.39 is 15.9 Å². The lowest BCUT2D eigenvalue weighted by Gasteiger charge is -1.82. The summed E-state index contributed by atoms with van der Waals surface area (Å²) in [6, 6.07) is 0. The predicted octanol–water partition coefficient (Wildman–Crippen LogP) is -1.05. The Bertz CT molecular complexity index is 292. The van der Waals surface area contributed by atoms with Gasteiger partial charge in [-0.3, -0.25) is 0 Å². The van der Waals surface area contributed by atoms with Crippen LogP contribution in [0.3, 0.4) is 0 Å². The molecule has 54 valence electrons. The summed E-state index contributed by atoms with van der Waals surface area (Å²) < 4.78 is 23.0. The molecule has 0 aliphatic carbocycles. The molecule has 0 spiro atoms. The van der Waals surface area contributed by atoms with Crippen molar-refractivity contribution in [2.75, 3.05) is 5.88 Å². The van der Waals surface area contributed by atoms with Gasteiger partial charge in [0.15, 0.2) is 5.88 Å². The van der Waals surface area contributed by atoms with Crippen molar-refractivity contribution in [2.24, 2.45) is 9.39 Å². The molecule has 0 aromatic heterocycles. The van der Waals surface area contributed by atoms with Gasteiger partial charge in [-0.1, -0.05) is 4.40 Å². The summed E-state index contributed by atoms with van der Waals surface area (Å²) in [4.78, 5) is 21.4. The number of rotatable bonds is 3. The molecule has 0 N–H and O–H groups in total. The van der Waals surface area contributed by atoms with Gasteiger partial charge in [-0.25, -0.2) is 18.0 Å². The highest BCUT2D eigenvalue weighted by molar-refractivity contribution is 7.90. The van der Waals surface area contributed by atoms with Crippen molar-refractivity contribution in [1.82, 2.24) is 0 Å². The van der Waals surface area contributed by atoms with Crippen molar-refractivity contribution in [3.05, 3.63) is 0 Å². The standard InChI is InChI=1S/C3H2N2O4S/c6-1-4-3-10(8,9)5-2-7/h3H2. The van der Waals surface area contributed by atoms with Gasteiger partial charge in [0.05, 0.1) is 0 Å². The van der Waals surface area contributed by atoms with Crippen LogP contribution < -0.4 is 0 Å². The normalized spacial score (nSPS) is 9.20. The minimum absolute atomic E-state index is 0.814. The Hall–Kier alpha value is -1.29. The number of nitrogens with zero attached hydrogens (tertiary/aromatic N) is 2. The van der Waals surface area contributed by atoms with Crippen molar-refractivity contribution in [3.63, 3.8) is 0 Å². The summed E-state index contributed by atoms with van der Waals surface area (Å²) in [5, 5.41) is 0. The molecule has 7 heteroatoms. The van der Waals surface area contributed by atoms with E-state index >= 15 is 0 Å². The minimum Gasteiger partial charge on any atom is -0.211 e. The number of aliphatic imine (C=N–C) groups is 1. The highest BCUT2D eigenvalue weighted by atomic mass is 32.2. The van der Waals surface area contributed by atoms with Gasteiger partial charge in [0.2, 0.25) is 6.08 Å². The molecule has 0 heterocycles. The van der Waals surface area contributed by atoms with Gasteiger partial charge in [-0.15, -0.1) is 0 Å². The van der Waals surface area contributed by atoms with Crippen molar-refractivity contribution < 1.29 is 18.0 Å². The van der Waals surface area contributed by atoms with Gasteiger partial charge in [-0.2, -0.15) is 4.99 Å². The largest absolute Gasteiger partial charge is 0.284 e. The van der Waals surface area contributed by atoms with Crippen LogP contribution in [0.15, 0.2) is 9.39 Å². The molecule has 0 saturated carbocycles. The molecule has 0 amide bonds. The fraction of sp³-hybridized carbons (Fsp3) is 0.333. The van der Waals surface area contributed by atoms with Crippen LogP contribution in [0.25, 0.3) is 0 Å². The molecule has 0 aliphatic heterocycles. The second-order valence-electron chi connectivity index (χ2n) is 1.14. The lowest BCUT2D eigenvalue weighted by Crippen LogP contribution is -1.98. The molecule has 10 heavy (non-hydrogen) atoms. The molecule has 0 aromatic rings. The molecule has 0 atom stereocenters. The number of sulfonamides is 1. The van der Waals surface area contributed by atoms with E-state index in [4.69, 9.17) is 0 Å². The predicted molar refractivity (Wildman–Crippen MR) is 30.0 cm³/mol. The Kier molecular flexibility index (Phi) is 3.21. The van der Waals surface area contributed by atoms with Crippen LogP contribution in [0.4, 0.5) is 0 Å². The monoisotopic (exact) mass is 162 g/mol. The molecule has 0 fully saturated rings. The highest BCUT2D eigenvalue weighted by Crippen LogP contribution is 1.88. The van der Waals surface area contributed by atoms with E-state index in [0.29, 0.717) is 0 Å². The average Bonchev–Trinajstić information content (AvgIpc) is 1.84. The average molecular weight is 162 g/mol. The van der Waals surface area contributed by atoms with E-state index in [1.165, 1.54) is 0 Å². The Morgan fingerprint density at radius 3 is 2.20 bits per heavy atom. The fourth-order valence-corrected chi connectivity index (χ4v) is 0.581. The molecule has 0 rings (SSSR count). The van der Waals surface area contributed by atoms with Crippen LogP contribution in [-0.2, 0) is 19.6 Å². The van der Waals surface area contributed by atoms with Crippen LogP contribution >= 0.6 is 0 Å². The van der Waals surface area contributed by atoms with E-state index in [0.717, 1.165) is 12.2 Å². The van der Waals surface area contributed by atoms with Gasteiger partial charge in [-0.05, 0) is 0 Å². The molecule has 0 bridgehead atoms. The molecule has 0 radical (unpaired) electrons. The van der Waals surface area contributed by atoms with Crippen molar-refractivity contribution in [3.8, 4) is 0 Å². The van der Waals surface area contributed by atoms with E-state index in [2.05, 4.69) is 9.39 Å². The van der Waals surface area contributed by atoms with Crippen molar-refractivity contribution in [1.29, 1.82) is 0 Å². The summed E-state index contributed by atoms with van der Waals surface area (Å²) >= 11 is 0. The van der Waals surface area contributed by atoms with Crippen LogP contribution in [0.1, 0.15) is 0 Å². The van der Waals surface area contributed by atoms with E-state index in [1.807, 2.05) is 0 Å². The van der Waals surface area contributed by atoms with Crippen LogP contribution in [-0.4, -0.2) is 26.5 Å². The first-order valence-electron chi connectivity index (χ1n) is 1.98. The maximum Gasteiger partial charge on any atom is 0.284 e. The Morgan fingerprint density at radius 2 is 1.80 bits per heavy atom. The second kappa shape index (κ2) is 3.68. The maximum atomic E-state index is 10.3. The quantitative estimate of drug-likeness (QED) is 0.390. The summed E-state index contributed by atoms with van der Waals surface area (Å²) in [7, 11) is -3.92. The first-order valence-corrected chi connectivity index (χ1v) is 3.59. The van der Waals surface area contributed by atoms with Gasteiger partial charge in [0.25, 0.3) is 16.1 Å². The van der Waals surface area contributed by atoms with Gasteiger partial charge < -0.3 is 0 Å². The summed E-state index contributed by atoms with van der Waals surface area (Å²) in [5.41, 5.74) is 0. The summed E-state index contributed by atoms with van der Waals surface area (Å²) in [6.45, 7) is 0. The van der Waals surface area contributed by atoms with Crippen LogP contribution in [0.5, 0.6) is 0 Å². The fourth-order valence-electron chi connectivity index (χ4n) is 0.194. The third-order valence-electron chi connectivity index (χ3n) is 0.469. The Labute approximate surface area is 56.3 Å². The lowest BCUT2D eigenvalue weighted by atomic mass is 11.4. The van der Waals surface area contributed by atoms with Crippen molar-refractivity contribution in [2.45, 2.75) is 0 Å². The number of carbonyl (C=O) groups excluding carboxylic acids is 2. The molecular formula is C3H2N2O4S. The van der Waals surface area contributed by atoms with Gasteiger partial charge in [0.1, 0.15) is 0 Å². The summed E-state index contributed by atoms with van der Waals surface area (Å²) in [6.07, 6.45) is 1.80. The number of isocyanates is 2. The van der Waals surface area contributed by atoms with Crippen LogP contribution in [0, 0.1) is 0 Å². The lowest BCUT2D eigenvalue weighted by molar-refractivity contribution is 0.560. The molecule has 6 nitrogen and oxygen atoms in total. The molecule has 0 aromatic carbocycles. The third kappa shape index (κ3) is 3.68. The first kappa shape index (κ1) is 8.71. The third-order valence-corrected chi connectivity index (χ3v) is 1.28. The second-order valence-corrected chi connectivity index (χ2v) is 2.75.